The van der Waals surface area contributed by atoms with Crippen LogP contribution in [0.1, 0.15) is 31.7 Å². The minimum atomic E-state index is 0.171. The van der Waals surface area contributed by atoms with E-state index < -0.39 is 0 Å². The van der Waals surface area contributed by atoms with Crippen molar-refractivity contribution in [1.82, 2.24) is 0 Å². The monoisotopic (exact) mass is 258 g/mol. The van der Waals surface area contributed by atoms with Crippen LogP contribution in [0.4, 0.5) is 0 Å². The molecule has 0 radical (unpaired) electrons. The Morgan fingerprint density at radius 2 is 2.19 bits per heavy atom. The minimum absolute atomic E-state index is 0.171. The second-order valence-corrected chi connectivity index (χ2v) is 5.77. The molecule has 0 amide bonds. The predicted octanol–water partition coefficient (Wildman–Crippen LogP) is 4.40. The highest BCUT2D eigenvalue weighted by molar-refractivity contribution is 6.32. The average molecular weight is 259 g/mol. The zero-order valence-corrected chi connectivity index (χ0v) is 11.1. The first-order valence-corrected chi connectivity index (χ1v) is 6.35. The van der Waals surface area contributed by atoms with E-state index in [1.807, 2.05) is 12.1 Å². The molecule has 88 valence electrons. The Morgan fingerprint density at radius 1 is 1.44 bits per heavy atom. The second-order valence-electron chi connectivity index (χ2n) is 4.75. The van der Waals surface area contributed by atoms with Gasteiger partial charge in [-0.2, -0.15) is 0 Å². The molecule has 1 aromatic rings. The molecule has 0 heterocycles. The number of ether oxygens (including phenoxy) is 1. The van der Waals surface area contributed by atoms with Gasteiger partial charge >= 0.3 is 0 Å². The fraction of sp³-hybridized carbons (Fsp3) is 0.538. The molecule has 0 aliphatic heterocycles. The summed E-state index contributed by atoms with van der Waals surface area (Å²) in [5.41, 5.74) is 1.45. The number of halogens is 2. The van der Waals surface area contributed by atoms with Gasteiger partial charge in [-0.05, 0) is 42.4 Å². The van der Waals surface area contributed by atoms with E-state index >= 15 is 0 Å². The van der Waals surface area contributed by atoms with Crippen LogP contribution in [0.25, 0.3) is 0 Å². The third-order valence-corrected chi connectivity index (χ3v) is 4.21. The van der Waals surface area contributed by atoms with E-state index in [-0.39, 0.29) is 5.41 Å². The fourth-order valence-corrected chi connectivity index (χ4v) is 3.11. The van der Waals surface area contributed by atoms with E-state index in [1.165, 1.54) is 5.56 Å². The van der Waals surface area contributed by atoms with Gasteiger partial charge in [0.1, 0.15) is 5.75 Å². The lowest BCUT2D eigenvalue weighted by Crippen LogP contribution is -2.17. The highest BCUT2D eigenvalue weighted by Gasteiger charge is 2.35. The number of hydrogen-bond acceptors (Lipinski definition) is 1. The molecule has 1 nitrogen and oxygen atoms in total. The molecule has 0 N–H and O–H groups in total. The van der Waals surface area contributed by atoms with E-state index in [0.717, 1.165) is 25.0 Å². The van der Waals surface area contributed by atoms with Crippen molar-refractivity contribution in [2.45, 2.75) is 37.0 Å². The zero-order valence-electron chi connectivity index (χ0n) is 9.59. The van der Waals surface area contributed by atoms with Gasteiger partial charge in [0.25, 0.3) is 0 Å². The Kier molecular flexibility index (Phi) is 3.37. The van der Waals surface area contributed by atoms with Crippen molar-refractivity contribution in [3.63, 3.8) is 0 Å². The molecule has 0 spiro atoms. The molecular weight excluding hydrogens is 243 g/mol. The summed E-state index contributed by atoms with van der Waals surface area (Å²) in [6.45, 7) is 2.26. The quantitative estimate of drug-likeness (QED) is 0.715. The molecule has 1 aromatic carbocycles. The minimum Gasteiger partial charge on any atom is -0.495 e. The topological polar surface area (TPSA) is 9.23 Å². The van der Waals surface area contributed by atoms with Gasteiger partial charge in [-0.3, -0.25) is 0 Å². The van der Waals surface area contributed by atoms with E-state index in [9.17, 15) is 0 Å². The van der Waals surface area contributed by atoms with Gasteiger partial charge in [-0.1, -0.05) is 24.6 Å². The van der Waals surface area contributed by atoms with Gasteiger partial charge in [0.15, 0.2) is 0 Å². The smallest absolute Gasteiger partial charge is 0.137 e. The van der Waals surface area contributed by atoms with Crippen LogP contribution in [0.3, 0.4) is 0 Å². The van der Waals surface area contributed by atoms with E-state index in [2.05, 4.69) is 13.0 Å². The number of benzene rings is 1. The maximum atomic E-state index is 6.19. The van der Waals surface area contributed by atoms with Crippen molar-refractivity contribution >= 4 is 23.2 Å². The molecule has 2 unspecified atom stereocenters. The first kappa shape index (κ1) is 12.1. The van der Waals surface area contributed by atoms with Crippen molar-refractivity contribution in [2.75, 3.05) is 7.11 Å². The van der Waals surface area contributed by atoms with Crippen LogP contribution in [-0.2, 0) is 5.41 Å². The van der Waals surface area contributed by atoms with Crippen LogP contribution in [0.5, 0.6) is 5.75 Å². The summed E-state index contributed by atoms with van der Waals surface area (Å²) >= 11 is 12.2. The maximum absolute atomic E-state index is 6.19. The van der Waals surface area contributed by atoms with Gasteiger partial charge < -0.3 is 4.74 Å². The molecule has 1 fully saturated rings. The van der Waals surface area contributed by atoms with Crippen molar-refractivity contribution in [1.29, 1.82) is 0 Å². The number of hydrogen-bond donors (Lipinski definition) is 0. The molecule has 0 aromatic heterocycles. The first-order valence-electron chi connectivity index (χ1n) is 5.53. The summed E-state index contributed by atoms with van der Waals surface area (Å²) in [7, 11) is 1.65. The Bertz CT molecular complexity index is 392. The van der Waals surface area contributed by atoms with E-state index in [0.29, 0.717) is 10.4 Å². The number of methoxy groups -OCH3 is 1. The molecule has 16 heavy (non-hydrogen) atoms. The van der Waals surface area contributed by atoms with Crippen LogP contribution in [-0.4, -0.2) is 12.5 Å². The van der Waals surface area contributed by atoms with Crippen molar-refractivity contribution in [3.8, 4) is 5.75 Å². The van der Waals surface area contributed by atoms with Crippen LogP contribution < -0.4 is 4.74 Å². The Hall–Kier alpha value is -0.400. The number of alkyl halides is 1. The van der Waals surface area contributed by atoms with Gasteiger partial charge in [0.05, 0.1) is 12.1 Å². The van der Waals surface area contributed by atoms with E-state index in [4.69, 9.17) is 27.9 Å². The lowest BCUT2D eigenvalue weighted by molar-refractivity contribution is 0.411. The highest BCUT2D eigenvalue weighted by Crippen LogP contribution is 2.44. The molecule has 2 atom stereocenters. The Labute approximate surface area is 107 Å². The molecule has 0 bridgehead atoms. The fourth-order valence-electron chi connectivity index (χ4n) is 2.47. The maximum Gasteiger partial charge on any atom is 0.137 e. The van der Waals surface area contributed by atoms with Crippen LogP contribution in [0.15, 0.2) is 18.2 Å². The molecule has 3 heteroatoms. The zero-order chi connectivity index (χ0) is 11.8. The molecule has 1 aliphatic rings. The lowest BCUT2D eigenvalue weighted by atomic mass is 9.81. The van der Waals surface area contributed by atoms with E-state index in [1.54, 1.807) is 7.11 Å². The van der Waals surface area contributed by atoms with Gasteiger partial charge in [0, 0.05) is 5.38 Å². The largest absolute Gasteiger partial charge is 0.495 e. The third kappa shape index (κ3) is 2.16. The molecule has 1 saturated carbocycles. The van der Waals surface area contributed by atoms with Crippen molar-refractivity contribution < 1.29 is 4.74 Å². The molecular formula is C13H16Cl2O. The van der Waals surface area contributed by atoms with Crippen molar-refractivity contribution in [2.24, 2.45) is 0 Å². The van der Waals surface area contributed by atoms with Crippen LogP contribution >= 0.6 is 23.2 Å². The summed E-state index contributed by atoms with van der Waals surface area (Å²) in [5, 5.41) is 0.960. The predicted molar refractivity (Wildman–Crippen MR) is 68.8 cm³/mol. The SMILES string of the molecule is COc1cc(C2(C)CCC(Cl)C2)ccc1Cl. The summed E-state index contributed by atoms with van der Waals surface area (Å²) < 4.78 is 5.25. The standard InChI is InChI=1S/C13H16Cl2O/c1-13(6-5-10(14)8-13)9-3-4-11(15)12(7-9)16-2/h3-4,7,10H,5-6,8H2,1-2H3. The molecule has 2 rings (SSSR count). The van der Waals surface area contributed by atoms with Crippen LogP contribution in [0, 0.1) is 0 Å². The average Bonchev–Trinajstić information content (AvgIpc) is 2.60. The summed E-state index contributed by atoms with van der Waals surface area (Å²) in [4.78, 5) is 0. The molecule has 0 saturated heterocycles. The summed E-state index contributed by atoms with van der Waals surface area (Å²) in [5.74, 6) is 0.749. The Balaban J connectivity index is 2.33. The third-order valence-electron chi connectivity index (χ3n) is 3.53. The number of rotatable bonds is 2. The normalized spacial score (nSPS) is 29.4. The van der Waals surface area contributed by atoms with Gasteiger partial charge in [-0.25, -0.2) is 0 Å². The second kappa shape index (κ2) is 4.46. The lowest BCUT2D eigenvalue weighted by Gasteiger charge is -2.25. The van der Waals surface area contributed by atoms with Crippen molar-refractivity contribution in [3.05, 3.63) is 28.8 Å². The first-order chi connectivity index (χ1) is 7.55. The Morgan fingerprint density at radius 3 is 2.75 bits per heavy atom. The van der Waals surface area contributed by atoms with Gasteiger partial charge in [-0.15, -0.1) is 11.6 Å². The molecule has 1 aliphatic carbocycles. The summed E-state index contributed by atoms with van der Waals surface area (Å²) in [6, 6.07) is 6.03. The highest BCUT2D eigenvalue weighted by atomic mass is 35.5. The van der Waals surface area contributed by atoms with Gasteiger partial charge in [0.2, 0.25) is 0 Å². The van der Waals surface area contributed by atoms with Crippen LogP contribution in [0.2, 0.25) is 5.02 Å². The summed E-state index contributed by atoms with van der Waals surface area (Å²) in [6.07, 6.45) is 3.24.